The molecule has 0 amide bonds. The van der Waals surface area contributed by atoms with Crippen LogP contribution in [-0.4, -0.2) is 34.3 Å². The van der Waals surface area contributed by atoms with Crippen LogP contribution in [0.4, 0.5) is 0 Å². The van der Waals surface area contributed by atoms with Crippen molar-refractivity contribution in [2.45, 2.75) is 77.9 Å². The summed E-state index contributed by atoms with van der Waals surface area (Å²) in [6.07, 6.45) is 12.3. The Kier molecular flexibility index (Phi) is 5.40. The Morgan fingerprint density at radius 1 is 1.26 bits per heavy atom. The molecule has 0 heterocycles. The molecule has 1 unspecified atom stereocenters. The van der Waals surface area contributed by atoms with Crippen LogP contribution in [0.2, 0.25) is 0 Å². The van der Waals surface area contributed by atoms with Crippen molar-refractivity contribution in [2.24, 2.45) is 28.6 Å². The van der Waals surface area contributed by atoms with Crippen LogP contribution in [-0.2, 0) is 19.1 Å². The summed E-state index contributed by atoms with van der Waals surface area (Å²) in [4.78, 5) is 37.5. The van der Waals surface area contributed by atoms with E-state index in [4.69, 9.17) is 4.74 Å². The summed E-state index contributed by atoms with van der Waals surface area (Å²) in [5, 5.41) is 11.4. The quantitative estimate of drug-likeness (QED) is 0.670. The SMILES string of the molecule is CCCCC(=O)O[C@]1(C(C)=O)CC[C@H]2[C@@H]3C=CC4=CC(=O)C=C[C@]4(C)[C@H]3C(O)C[C@@]21C. The number of fused-ring (bicyclic) bond motifs is 5. The van der Waals surface area contributed by atoms with Gasteiger partial charge in [0.15, 0.2) is 17.2 Å². The lowest BCUT2D eigenvalue weighted by Crippen LogP contribution is -2.61. The first-order chi connectivity index (χ1) is 14.6. The average molecular weight is 427 g/mol. The van der Waals surface area contributed by atoms with Crippen LogP contribution in [0.15, 0.2) is 36.0 Å². The molecule has 31 heavy (non-hydrogen) atoms. The number of rotatable bonds is 5. The van der Waals surface area contributed by atoms with Crippen LogP contribution in [0.5, 0.6) is 0 Å². The Morgan fingerprint density at radius 2 is 2.00 bits per heavy atom. The number of ketones is 2. The van der Waals surface area contributed by atoms with Gasteiger partial charge in [-0.3, -0.25) is 14.4 Å². The maximum Gasteiger partial charge on any atom is 0.306 e. The number of aliphatic hydroxyl groups is 1. The lowest BCUT2D eigenvalue weighted by Gasteiger charge is -2.58. The normalized spacial score (nSPS) is 43.0. The molecule has 2 saturated carbocycles. The summed E-state index contributed by atoms with van der Waals surface area (Å²) >= 11 is 0. The monoisotopic (exact) mass is 426 g/mol. The number of unbranched alkanes of at least 4 members (excludes halogenated alkanes) is 1. The van der Waals surface area contributed by atoms with E-state index < -0.39 is 22.5 Å². The number of allylic oxidation sites excluding steroid dienone is 6. The zero-order valence-corrected chi connectivity index (χ0v) is 19.0. The molecule has 0 aliphatic heterocycles. The van der Waals surface area contributed by atoms with Gasteiger partial charge in [-0.15, -0.1) is 0 Å². The van der Waals surface area contributed by atoms with E-state index >= 15 is 0 Å². The maximum atomic E-state index is 13.0. The van der Waals surface area contributed by atoms with E-state index in [1.807, 2.05) is 26.0 Å². The second kappa shape index (κ2) is 7.54. The smallest absolute Gasteiger partial charge is 0.306 e. The summed E-state index contributed by atoms with van der Waals surface area (Å²) in [5.41, 5.74) is -1.30. The van der Waals surface area contributed by atoms with Crippen LogP contribution in [0, 0.1) is 28.6 Å². The Balaban J connectivity index is 1.73. The summed E-state index contributed by atoms with van der Waals surface area (Å²) in [6, 6.07) is 0. The molecule has 0 saturated heterocycles. The number of Topliss-reactive ketones (excluding diaryl/α,β-unsaturated/α-hetero) is 1. The molecular formula is C26H34O5. The fourth-order valence-corrected chi connectivity index (χ4v) is 7.16. The van der Waals surface area contributed by atoms with Gasteiger partial charge in [-0.05, 0) is 62.2 Å². The van der Waals surface area contributed by atoms with Crippen LogP contribution in [0.3, 0.4) is 0 Å². The minimum Gasteiger partial charge on any atom is -0.450 e. The lowest BCUT2D eigenvalue weighted by molar-refractivity contribution is -0.194. The predicted molar refractivity (Wildman–Crippen MR) is 117 cm³/mol. The molecule has 0 bridgehead atoms. The van der Waals surface area contributed by atoms with Crippen molar-refractivity contribution in [3.8, 4) is 0 Å². The molecule has 5 heteroatoms. The standard InChI is InChI=1S/C26H34O5/c1-5-6-7-22(30)31-26(16(2)27)13-11-20-19-9-8-17-14-18(28)10-12-24(17,3)23(19)21(29)15-25(20,26)4/h8-10,12,14,19-21,23,29H,5-7,11,13,15H2,1-4H3/t19-,20-,21?,23+,24-,25-,26-/m0/s1. The Morgan fingerprint density at radius 3 is 2.68 bits per heavy atom. The predicted octanol–water partition coefficient (Wildman–Crippen LogP) is 4.10. The summed E-state index contributed by atoms with van der Waals surface area (Å²) < 4.78 is 6.02. The summed E-state index contributed by atoms with van der Waals surface area (Å²) in [7, 11) is 0. The van der Waals surface area contributed by atoms with E-state index in [-0.39, 0.29) is 35.3 Å². The number of hydrogen-bond donors (Lipinski definition) is 1. The molecule has 0 spiro atoms. The van der Waals surface area contributed by atoms with Gasteiger partial charge in [-0.25, -0.2) is 0 Å². The molecule has 0 aromatic carbocycles. The fourth-order valence-electron chi connectivity index (χ4n) is 7.16. The highest BCUT2D eigenvalue weighted by molar-refractivity contribution is 6.01. The van der Waals surface area contributed by atoms with Gasteiger partial charge in [0.1, 0.15) is 0 Å². The van der Waals surface area contributed by atoms with Gasteiger partial charge < -0.3 is 9.84 Å². The highest BCUT2D eigenvalue weighted by Crippen LogP contribution is 2.66. The minimum absolute atomic E-state index is 0.0267. The van der Waals surface area contributed by atoms with Crippen LogP contribution < -0.4 is 0 Å². The van der Waals surface area contributed by atoms with Gasteiger partial charge >= 0.3 is 5.97 Å². The number of hydrogen-bond acceptors (Lipinski definition) is 5. The van der Waals surface area contributed by atoms with Crippen molar-refractivity contribution >= 4 is 17.5 Å². The van der Waals surface area contributed by atoms with Gasteiger partial charge in [-0.2, -0.15) is 0 Å². The first-order valence-corrected chi connectivity index (χ1v) is 11.6. The Labute approximate surface area is 184 Å². The molecule has 2 fully saturated rings. The van der Waals surface area contributed by atoms with Crippen LogP contribution in [0.25, 0.3) is 0 Å². The largest absolute Gasteiger partial charge is 0.450 e. The second-order valence-corrected chi connectivity index (χ2v) is 10.4. The molecule has 4 rings (SSSR count). The van der Waals surface area contributed by atoms with Crippen molar-refractivity contribution in [3.05, 3.63) is 36.0 Å². The van der Waals surface area contributed by atoms with E-state index in [0.717, 1.165) is 24.8 Å². The van der Waals surface area contributed by atoms with Crippen LogP contribution in [0.1, 0.15) is 66.2 Å². The molecular weight excluding hydrogens is 392 g/mol. The Bertz CT molecular complexity index is 897. The third-order valence-electron chi connectivity index (χ3n) is 8.77. The van der Waals surface area contributed by atoms with E-state index in [2.05, 4.69) is 13.0 Å². The lowest BCUT2D eigenvalue weighted by atomic mass is 9.48. The molecule has 1 N–H and O–H groups in total. The molecule has 0 aromatic rings. The molecule has 5 nitrogen and oxygen atoms in total. The molecule has 0 radical (unpaired) electrons. The number of esters is 1. The summed E-state index contributed by atoms with van der Waals surface area (Å²) in [6.45, 7) is 7.66. The first kappa shape index (κ1) is 22.2. The molecule has 7 atom stereocenters. The van der Waals surface area contributed by atoms with Crippen molar-refractivity contribution in [1.82, 2.24) is 0 Å². The van der Waals surface area contributed by atoms with Gasteiger partial charge in [0, 0.05) is 23.2 Å². The van der Waals surface area contributed by atoms with Crippen molar-refractivity contribution < 1.29 is 24.2 Å². The zero-order chi connectivity index (χ0) is 22.6. The van der Waals surface area contributed by atoms with Crippen LogP contribution >= 0.6 is 0 Å². The van der Waals surface area contributed by atoms with E-state index in [1.54, 1.807) is 12.2 Å². The highest BCUT2D eigenvalue weighted by atomic mass is 16.6. The topological polar surface area (TPSA) is 80.7 Å². The van der Waals surface area contributed by atoms with Crippen molar-refractivity contribution in [3.63, 3.8) is 0 Å². The number of carbonyl (C=O) groups is 3. The highest BCUT2D eigenvalue weighted by Gasteiger charge is 2.69. The van der Waals surface area contributed by atoms with Gasteiger partial charge in [0.05, 0.1) is 6.10 Å². The van der Waals surface area contributed by atoms with Gasteiger partial charge in [-0.1, -0.05) is 45.4 Å². The van der Waals surface area contributed by atoms with Gasteiger partial charge in [0.25, 0.3) is 0 Å². The second-order valence-electron chi connectivity index (χ2n) is 10.4. The molecule has 168 valence electrons. The van der Waals surface area contributed by atoms with Crippen molar-refractivity contribution in [1.29, 1.82) is 0 Å². The number of aliphatic hydroxyl groups excluding tert-OH is 1. The summed E-state index contributed by atoms with van der Waals surface area (Å²) in [5.74, 6) is -0.386. The Hall–Kier alpha value is -2.01. The average Bonchev–Trinajstić information content (AvgIpc) is 2.99. The molecule has 4 aliphatic rings. The minimum atomic E-state index is -1.18. The van der Waals surface area contributed by atoms with Crippen molar-refractivity contribution in [2.75, 3.05) is 0 Å². The number of carbonyl (C=O) groups excluding carboxylic acids is 3. The zero-order valence-electron chi connectivity index (χ0n) is 19.0. The first-order valence-electron chi connectivity index (χ1n) is 11.6. The maximum absolute atomic E-state index is 13.0. The van der Waals surface area contributed by atoms with Gasteiger partial charge in [0.2, 0.25) is 0 Å². The number of ether oxygens (including phenoxy) is 1. The fraction of sp³-hybridized carbons (Fsp3) is 0.654. The molecule has 0 aromatic heterocycles. The van der Waals surface area contributed by atoms with E-state index in [0.29, 0.717) is 19.3 Å². The van der Waals surface area contributed by atoms with E-state index in [1.165, 1.54) is 6.92 Å². The molecule has 4 aliphatic carbocycles. The third-order valence-corrected chi connectivity index (χ3v) is 8.77. The third kappa shape index (κ3) is 3.11. The van der Waals surface area contributed by atoms with E-state index in [9.17, 15) is 19.5 Å².